The summed E-state index contributed by atoms with van der Waals surface area (Å²) in [5.74, 6) is 0.794. The third kappa shape index (κ3) is 2.84. The quantitative estimate of drug-likeness (QED) is 0.822. The molecule has 0 saturated carbocycles. The molecule has 2 aliphatic heterocycles. The van der Waals surface area contributed by atoms with Gasteiger partial charge in [0.05, 0.1) is 12.1 Å². The van der Waals surface area contributed by atoms with E-state index in [1.807, 2.05) is 36.9 Å². The average molecular weight is 290 g/mol. The van der Waals surface area contributed by atoms with Gasteiger partial charge in [-0.2, -0.15) is 0 Å². The highest BCUT2D eigenvalue weighted by molar-refractivity contribution is 5.77. The maximum absolute atomic E-state index is 11.6. The molecular weight excluding hydrogens is 268 g/mol. The molecular formula is C15H22N4O2. The van der Waals surface area contributed by atoms with E-state index in [-0.39, 0.29) is 18.2 Å². The van der Waals surface area contributed by atoms with E-state index in [0.29, 0.717) is 12.2 Å². The van der Waals surface area contributed by atoms with Crippen LogP contribution in [0.25, 0.3) is 0 Å². The van der Waals surface area contributed by atoms with Crippen LogP contribution >= 0.6 is 0 Å². The van der Waals surface area contributed by atoms with Crippen LogP contribution in [0.5, 0.6) is 5.75 Å². The first kappa shape index (κ1) is 13.9. The highest BCUT2D eigenvalue weighted by Gasteiger charge is 2.35. The fourth-order valence-electron chi connectivity index (χ4n) is 2.97. The third-order valence-corrected chi connectivity index (χ3v) is 3.88. The number of rotatable bonds is 3. The Morgan fingerprint density at radius 2 is 2.14 bits per heavy atom. The molecule has 1 aromatic carbocycles. The van der Waals surface area contributed by atoms with Gasteiger partial charge in [0.2, 0.25) is 0 Å². The second-order valence-electron chi connectivity index (χ2n) is 5.91. The molecule has 0 aliphatic carbocycles. The van der Waals surface area contributed by atoms with Gasteiger partial charge in [-0.1, -0.05) is 0 Å². The topological polar surface area (TPSA) is 70.8 Å². The first-order chi connectivity index (χ1) is 10.0. The van der Waals surface area contributed by atoms with Crippen molar-refractivity contribution in [2.45, 2.75) is 26.0 Å². The lowest BCUT2D eigenvalue weighted by atomic mass is 10.1. The first-order valence-corrected chi connectivity index (χ1v) is 7.39. The summed E-state index contributed by atoms with van der Waals surface area (Å²) in [5.41, 5.74) is 7.75. The summed E-state index contributed by atoms with van der Waals surface area (Å²) < 4.78 is 5.75. The van der Waals surface area contributed by atoms with E-state index in [1.54, 1.807) is 0 Å². The summed E-state index contributed by atoms with van der Waals surface area (Å²) in [6.45, 7) is 7.09. The van der Waals surface area contributed by atoms with Crippen LogP contribution in [0.4, 0.5) is 16.2 Å². The molecule has 0 aromatic heterocycles. The Hall–Kier alpha value is -2.11. The summed E-state index contributed by atoms with van der Waals surface area (Å²) in [4.78, 5) is 15.8. The Morgan fingerprint density at radius 3 is 2.90 bits per heavy atom. The van der Waals surface area contributed by atoms with Gasteiger partial charge in [0.15, 0.2) is 0 Å². The van der Waals surface area contributed by atoms with Crippen LogP contribution in [0, 0.1) is 0 Å². The lowest BCUT2D eigenvalue weighted by molar-refractivity contribution is 0.197. The zero-order valence-electron chi connectivity index (χ0n) is 12.5. The molecule has 3 rings (SSSR count). The van der Waals surface area contributed by atoms with Crippen molar-refractivity contribution in [3.8, 4) is 5.75 Å². The number of fused-ring (bicyclic) bond motifs is 1. The van der Waals surface area contributed by atoms with Gasteiger partial charge < -0.3 is 25.6 Å². The largest absolute Gasteiger partial charge is 0.491 e. The van der Waals surface area contributed by atoms with Crippen LogP contribution in [0.15, 0.2) is 18.2 Å². The number of amides is 2. The zero-order chi connectivity index (χ0) is 15.0. The minimum Gasteiger partial charge on any atom is -0.491 e. The van der Waals surface area contributed by atoms with Gasteiger partial charge in [0.25, 0.3) is 0 Å². The number of urea groups is 1. The molecule has 0 bridgehead atoms. The van der Waals surface area contributed by atoms with Gasteiger partial charge >= 0.3 is 6.03 Å². The number of nitrogens with one attached hydrogen (secondary N) is 1. The second kappa shape index (κ2) is 5.35. The van der Waals surface area contributed by atoms with Crippen molar-refractivity contribution in [2.75, 3.05) is 36.8 Å². The number of nitrogen functional groups attached to an aromatic ring is 1. The molecule has 6 heteroatoms. The molecule has 2 amide bonds. The van der Waals surface area contributed by atoms with Crippen molar-refractivity contribution in [1.82, 2.24) is 10.2 Å². The molecule has 114 valence electrons. The zero-order valence-corrected chi connectivity index (χ0v) is 12.5. The number of nitrogens with two attached hydrogens (primary N) is 1. The average Bonchev–Trinajstić information content (AvgIpc) is 2.78. The van der Waals surface area contributed by atoms with Crippen LogP contribution in [0.3, 0.4) is 0 Å². The Kier molecular flexibility index (Phi) is 3.53. The monoisotopic (exact) mass is 290 g/mol. The lowest BCUT2D eigenvalue weighted by Crippen LogP contribution is -2.52. The number of carbonyl (C=O) groups is 1. The standard InChI is InChI=1S/C15H22N4O2/c1-10(2)21-14-6-11(16)5-12(7-14)18-3-4-19-13(9-18)8-17-15(19)20/h5-7,10,13H,3-4,8-9,16H2,1-2H3,(H,17,20). The van der Waals surface area contributed by atoms with Crippen molar-refractivity contribution in [2.24, 2.45) is 0 Å². The van der Waals surface area contributed by atoms with E-state index in [0.717, 1.165) is 31.1 Å². The van der Waals surface area contributed by atoms with E-state index in [4.69, 9.17) is 10.5 Å². The van der Waals surface area contributed by atoms with Gasteiger partial charge in [-0.3, -0.25) is 0 Å². The Labute approximate surface area is 124 Å². The lowest BCUT2D eigenvalue weighted by Gasteiger charge is -2.38. The molecule has 0 radical (unpaired) electrons. The van der Waals surface area contributed by atoms with Crippen LogP contribution in [-0.4, -0.2) is 49.3 Å². The number of nitrogens with zero attached hydrogens (tertiary/aromatic N) is 2. The third-order valence-electron chi connectivity index (χ3n) is 3.88. The van der Waals surface area contributed by atoms with Crippen LogP contribution in [-0.2, 0) is 0 Å². The van der Waals surface area contributed by atoms with Gasteiger partial charge in [-0.25, -0.2) is 4.79 Å². The summed E-state index contributed by atoms with van der Waals surface area (Å²) in [6.07, 6.45) is 0.119. The van der Waals surface area contributed by atoms with Gasteiger partial charge in [-0.05, 0) is 19.9 Å². The van der Waals surface area contributed by atoms with Crippen LogP contribution < -0.4 is 20.7 Å². The normalized spacial score (nSPS) is 21.5. The molecule has 2 aliphatic rings. The van der Waals surface area contributed by atoms with Crippen molar-refractivity contribution >= 4 is 17.4 Å². The van der Waals surface area contributed by atoms with E-state index < -0.39 is 0 Å². The molecule has 2 fully saturated rings. The van der Waals surface area contributed by atoms with E-state index >= 15 is 0 Å². The fraction of sp³-hybridized carbons (Fsp3) is 0.533. The number of benzene rings is 1. The van der Waals surface area contributed by atoms with E-state index in [2.05, 4.69) is 10.2 Å². The Balaban J connectivity index is 1.78. The SMILES string of the molecule is CC(C)Oc1cc(N)cc(N2CCN3C(=O)NCC3C2)c1. The van der Waals surface area contributed by atoms with Gasteiger partial charge in [0, 0.05) is 49.7 Å². The smallest absolute Gasteiger partial charge is 0.317 e. The van der Waals surface area contributed by atoms with Crippen molar-refractivity contribution in [3.63, 3.8) is 0 Å². The number of hydrogen-bond acceptors (Lipinski definition) is 4. The summed E-state index contributed by atoms with van der Waals surface area (Å²) >= 11 is 0. The highest BCUT2D eigenvalue weighted by atomic mass is 16.5. The van der Waals surface area contributed by atoms with Crippen LogP contribution in [0.2, 0.25) is 0 Å². The summed E-state index contributed by atoms with van der Waals surface area (Å²) in [5, 5.41) is 2.89. The molecule has 1 aromatic rings. The predicted molar refractivity (Wildman–Crippen MR) is 82.7 cm³/mol. The molecule has 21 heavy (non-hydrogen) atoms. The fourth-order valence-corrected chi connectivity index (χ4v) is 2.97. The molecule has 1 atom stereocenters. The number of hydrogen-bond donors (Lipinski definition) is 2. The van der Waals surface area contributed by atoms with Gasteiger partial charge in [-0.15, -0.1) is 0 Å². The Bertz CT molecular complexity index is 546. The maximum Gasteiger partial charge on any atom is 0.317 e. The Morgan fingerprint density at radius 1 is 1.33 bits per heavy atom. The molecule has 1 unspecified atom stereocenters. The summed E-state index contributed by atoms with van der Waals surface area (Å²) in [7, 11) is 0. The number of carbonyl (C=O) groups excluding carboxylic acids is 1. The van der Waals surface area contributed by atoms with E-state index in [1.165, 1.54) is 0 Å². The molecule has 6 nitrogen and oxygen atoms in total. The predicted octanol–water partition coefficient (Wildman–Crippen LogP) is 1.27. The van der Waals surface area contributed by atoms with Crippen molar-refractivity contribution in [3.05, 3.63) is 18.2 Å². The molecule has 3 N–H and O–H groups in total. The summed E-state index contributed by atoms with van der Waals surface area (Å²) in [6, 6.07) is 6.13. The number of anilines is 2. The molecule has 2 heterocycles. The minimum absolute atomic E-state index is 0.0519. The van der Waals surface area contributed by atoms with Crippen LogP contribution in [0.1, 0.15) is 13.8 Å². The number of ether oxygens (including phenoxy) is 1. The number of piperazine rings is 1. The van der Waals surface area contributed by atoms with Crippen molar-refractivity contribution in [1.29, 1.82) is 0 Å². The highest BCUT2D eigenvalue weighted by Crippen LogP contribution is 2.28. The van der Waals surface area contributed by atoms with Crippen molar-refractivity contribution < 1.29 is 9.53 Å². The van der Waals surface area contributed by atoms with Gasteiger partial charge in [0.1, 0.15) is 5.75 Å². The second-order valence-corrected chi connectivity index (χ2v) is 5.91. The molecule has 0 spiro atoms. The minimum atomic E-state index is 0.0519. The maximum atomic E-state index is 11.6. The first-order valence-electron chi connectivity index (χ1n) is 7.39. The molecule has 2 saturated heterocycles. The van der Waals surface area contributed by atoms with E-state index in [9.17, 15) is 4.79 Å².